The number of nitrogens with zero attached hydrogens (tertiary/aromatic N) is 5. The summed E-state index contributed by atoms with van der Waals surface area (Å²) in [5.41, 5.74) is 4.84. The third kappa shape index (κ3) is 3.62. The van der Waals surface area contributed by atoms with Gasteiger partial charge in [0.25, 0.3) is 0 Å². The predicted octanol–water partition coefficient (Wildman–Crippen LogP) is 2.97. The van der Waals surface area contributed by atoms with E-state index >= 15 is 0 Å². The molecule has 3 aromatic rings. The van der Waals surface area contributed by atoms with Gasteiger partial charge < -0.3 is 14.4 Å². The lowest BCUT2D eigenvalue weighted by molar-refractivity contribution is 0.338. The molecule has 1 fully saturated rings. The maximum absolute atomic E-state index is 5.16. The SMILES string of the molecule is COc1nc(OC)nc(N2CCC(c3[nH]ncc3-c3cccc(C)c3)CC2)n1. The lowest BCUT2D eigenvalue weighted by atomic mass is 9.89. The van der Waals surface area contributed by atoms with Crippen LogP contribution in [0.1, 0.15) is 30.0 Å². The van der Waals surface area contributed by atoms with Gasteiger partial charge in [-0.05, 0) is 25.3 Å². The molecular weight excluding hydrogens is 356 g/mol. The summed E-state index contributed by atoms with van der Waals surface area (Å²) in [6.45, 7) is 3.79. The van der Waals surface area contributed by atoms with Crippen molar-refractivity contribution < 1.29 is 9.47 Å². The highest BCUT2D eigenvalue weighted by atomic mass is 16.5. The van der Waals surface area contributed by atoms with E-state index in [1.165, 1.54) is 36.6 Å². The zero-order chi connectivity index (χ0) is 19.5. The van der Waals surface area contributed by atoms with E-state index < -0.39 is 0 Å². The number of piperidine rings is 1. The molecule has 0 amide bonds. The molecule has 1 saturated heterocycles. The first-order valence-corrected chi connectivity index (χ1v) is 9.37. The fourth-order valence-electron chi connectivity index (χ4n) is 3.67. The van der Waals surface area contributed by atoms with Gasteiger partial charge >= 0.3 is 12.0 Å². The van der Waals surface area contributed by atoms with Crippen molar-refractivity contribution in [3.8, 4) is 23.1 Å². The van der Waals surface area contributed by atoms with Crippen LogP contribution in [0.15, 0.2) is 30.5 Å². The Bertz CT molecular complexity index is 927. The van der Waals surface area contributed by atoms with Gasteiger partial charge in [0, 0.05) is 30.3 Å². The van der Waals surface area contributed by atoms with Crippen molar-refractivity contribution in [3.05, 3.63) is 41.7 Å². The van der Waals surface area contributed by atoms with E-state index in [9.17, 15) is 0 Å². The van der Waals surface area contributed by atoms with Gasteiger partial charge in [0.15, 0.2) is 0 Å². The Hall–Kier alpha value is -3.16. The second-order valence-corrected chi connectivity index (χ2v) is 6.94. The molecule has 0 aliphatic carbocycles. The molecule has 8 nitrogen and oxygen atoms in total. The molecule has 1 aromatic carbocycles. The molecule has 4 rings (SSSR count). The van der Waals surface area contributed by atoms with Crippen LogP contribution in [-0.2, 0) is 0 Å². The maximum Gasteiger partial charge on any atom is 0.324 e. The third-order valence-corrected chi connectivity index (χ3v) is 5.13. The van der Waals surface area contributed by atoms with Crippen LogP contribution in [-0.4, -0.2) is 52.5 Å². The van der Waals surface area contributed by atoms with Gasteiger partial charge in [-0.15, -0.1) is 4.98 Å². The van der Waals surface area contributed by atoms with E-state index in [0.717, 1.165) is 25.9 Å². The van der Waals surface area contributed by atoms with Crippen molar-refractivity contribution in [2.24, 2.45) is 0 Å². The van der Waals surface area contributed by atoms with Crippen LogP contribution >= 0.6 is 0 Å². The van der Waals surface area contributed by atoms with Gasteiger partial charge in [-0.25, -0.2) is 0 Å². The first-order valence-electron chi connectivity index (χ1n) is 9.37. The number of ether oxygens (including phenoxy) is 2. The highest BCUT2D eigenvalue weighted by Crippen LogP contribution is 2.35. The number of aromatic nitrogens is 5. The van der Waals surface area contributed by atoms with Crippen molar-refractivity contribution in [3.63, 3.8) is 0 Å². The molecule has 8 heteroatoms. The predicted molar refractivity (Wildman–Crippen MR) is 106 cm³/mol. The van der Waals surface area contributed by atoms with Gasteiger partial charge in [0.05, 0.1) is 20.4 Å². The zero-order valence-corrected chi connectivity index (χ0v) is 16.3. The van der Waals surface area contributed by atoms with E-state index in [-0.39, 0.29) is 12.0 Å². The van der Waals surface area contributed by atoms with Crippen molar-refractivity contribution >= 4 is 5.95 Å². The van der Waals surface area contributed by atoms with Gasteiger partial charge in [-0.3, -0.25) is 5.10 Å². The summed E-state index contributed by atoms with van der Waals surface area (Å²) in [4.78, 5) is 14.9. The molecular formula is C20H24N6O2. The Kier molecular flexibility index (Phi) is 5.10. The van der Waals surface area contributed by atoms with Crippen LogP contribution in [0.25, 0.3) is 11.1 Å². The molecule has 2 aromatic heterocycles. The van der Waals surface area contributed by atoms with Gasteiger partial charge in [-0.1, -0.05) is 29.8 Å². The van der Waals surface area contributed by atoms with Crippen molar-refractivity contribution in [2.45, 2.75) is 25.7 Å². The third-order valence-electron chi connectivity index (χ3n) is 5.13. The number of hydrogen-bond donors (Lipinski definition) is 1. The molecule has 146 valence electrons. The zero-order valence-electron chi connectivity index (χ0n) is 16.3. The van der Waals surface area contributed by atoms with Crippen LogP contribution in [0.4, 0.5) is 5.95 Å². The highest BCUT2D eigenvalue weighted by molar-refractivity contribution is 5.66. The van der Waals surface area contributed by atoms with Crippen LogP contribution in [0.5, 0.6) is 12.0 Å². The monoisotopic (exact) mass is 380 g/mol. The standard InChI is InChI=1S/C20H24N6O2/c1-13-5-4-6-15(11-13)16-12-21-25-17(16)14-7-9-26(10-8-14)18-22-19(27-2)24-20(23-18)28-3/h4-6,11-12,14H,7-10H2,1-3H3,(H,21,25). The normalized spacial score (nSPS) is 14.9. The van der Waals surface area contributed by atoms with E-state index in [0.29, 0.717) is 11.9 Å². The number of benzene rings is 1. The summed E-state index contributed by atoms with van der Waals surface area (Å²) in [5.74, 6) is 1.01. The molecule has 3 heterocycles. The first-order chi connectivity index (χ1) is 13.7. The number of aryl methyl sites for hydroxylation is 1. The molecule has 0 bridgehead atoms. The van der Waals surface area contributed by atoms with Crippen LogP contribution in [0.2, 0.25) is 0 Å². The fourth-order valence-corrected chi connectivity index (χ4v) is 3.67. The van der Waals surface area contributed by atoms with Crippen LogP contribution in [0, 0.1) is 6.92 Å². The summed E-state index contributed by atoms with van der Waals surface area (Å²) in [6.07, 6.45) is 3.90. The smallest absolute Gasteiger partial charge is 0.324 e. The van der Waals surface area contributed by atoms with Gasteiger partial charge in [0.1, 0.15) is 0 Å². The summed E-state index contributed by atoms with van der Waals surface area (Å²) in [5, 5.41) is 7.56. The quantitative estimate of drug-likeness (QED) is 0.728. The number of methoxy groups -OCH3 is 2. The van der Waals surface area contributed by atoms with Gasteiger partial charge in [-0.2, -0.15) is 15.1 Å². The molecule has 28 heavy (non-hydrogen) atoms. The summed E-state index contributed by atoms with van der Waals surface area (Å²) >= 11 is 0. The second-order valence-electron chi connectivity index (χ2n) is 6.94. The lowest BCUT2D eigenvalue weighted by Crippen LogP contribution is -2.34. The van der Waals surface area contributed by atoms with Crippen molar-refractivity contribution in [1.82, 2.24) is 25.1 Å². The molecule has 1 aliphatic rings. The number of nitrogens with one attached hydrogen (secondary N) is 1. The largest absolute Gasteiger partial charge is 0.467 e. The lowest BCUT2D eigenvalue weighted by Gasteiger charge is -2.32. The second kappa shape index (κ2) is 7.84. The molecule has 0 atom stereocenters. The Morgan fingerprint density at radius 1 is 1.04 bits per heavy atom. The molecule has 1 N–H and O–H groups in total. The Morgan fingerprint density at radius 3 is 2.39 bits per heavy atom. The van der Waals surface area contributed by atoms with Crippen molar-refractivity contribution in [2.75, 3.05) is 32.2 Å². The molecule has 0 saturated carbocycles. The number of hydrogen-bond acceptors (Lipinski definition) is 7. The van der Waals surface area contributed by atoms with E-state index in [1.807, 2.05) is 6.20 Å². The van der Waals surface area contributed by atoms with E-state index in [4.69, 9.17) is 9.47 Å². The molecule has 1 aliphatic heterocycles. The number of anilines is 1. The average Bonchev–Trinajstić information content (AvgIpc) is 3.23. The van der Waals surface area contributed by atoms with E-state index in [1.54, 1.807) is 0 Å². The Labute approximate surface area is 164 Å². The minimum absolute atomic E-state index is 0.263. The van der Waals surface area contributed by atoms with Crippen LogP contribution < -0.4 is 14.4 Å². The summed E-state index contributed by atoms with van der Waals surface area (Å²) in [7, 11) is 3.08. The highest BCUT2D eigenvalue weighted by Gasteiger charge is 2.26. The number of aromatic amines is 1. The summed E-state index contributed by atoms with van der Waals surface area (Å²) < 4.78 is 10.3. The van der Waals surface area contributed by atoms with Crippen LogP contribution in [0.3, 0.4) is 0 Å². The maximum atomic E-state index is 5.16. The Morgan fingerprint density at radius 2 is 1.75 bits per heavy atom. The fraction of sp³-hybridized carbons (Fsp3) is 0.400. The minimum Gasteiger partial charge on any atom is -0.467 e. The minimum atomic E-state index is 0.263. The summed E-state index contributed by atoms with van der Waals surface area (Å²) in [6, 6.07) is 9.07. The molecule has 0 spiro atoms. The van der Waals surface area contributed by atoms with Crippen molar-refractivity contribution in [1.29, 1.82) is 0 Å². The molecule has 0 radical (unpaired) electrons. The Balaban J connectivity index is 1.51. The number of H-pyrrole nitrogens is 1. The number of rotatable bonds is 5. The average molecular weight is 380 g/mol. The van der Waals surface area contributed by atoms with E-state index in [2.05, 4.69) is 61.2 Å². The first kappa shape index (κ1) is 18.2. The topological polar surface area (TPSA) is 89.0 Å². The molecule has 0 unspecified atom stereocenters. The van der Waals surface area contributed by atoms with Gasteiger partial charge in [0.2, 0.25) is 5.95 Å².